The third kappa shape index (κ3) is 4.37. The van der Waals surface area contributed by atoms with Gasteiger partial charge in [-0.15, -0.1) is 0 Å². The van der Waals surface area contributed by atoms with Crippen molar-refractivity contribution >= 4 is 16.9 Å². The van der Waals surface area contributed by atoms with Gasteiger partial charge in [-0.25, -0.2) is 9.59 Å². The highest BCUT2D eigenvalue weighted by Crippen LogP contribution is 2.28. The van der Waals surface area contributed by atoms with E-state index in [1.165, 1.54) is 7.11 Å². The van der Waals surface area contributed by atoms with Crippen molar-refractivity contribution in [2.45, 2.75) is 32.3 Å². The standard InChI is InChI=1S/C22H22O5/c1-3-4-8-16-13-20(23)27-19-14-17(11-12-18(16)19)26-21(22(24)25-2)15-9-6-5-7-10-15/h5-7,9-14,21H,3-4,8H2,1-2H3/t21-/m0/s1. The zero-order valence-electron chi connectivity index (χ0n) is 15.4. The van der Waals surface area contributed by atoms with Gasteiger partial charge in [-0.3, -0.25) is 0 Å². The van der Waals surface area contributed by atoms with Gasteiger partial charge in [0.15, 0.2) is 0 Å². The summed E-state index contributed by atoms with van der Waals surface area (Å²) in [5.74, 6) is -0.0722. The van der Waals surface area contributed by atoms with E-state index in [1.54, 1.807) is 30.3 Å². The van der Waals surface area contributed by atoms with E-state index < -0.39 is 17.7 Å². The van der Waals surface area contributed by atoms with Crippen molar-refractivity contribution < 1.29 is 18.7 Å². The molecule has 5 nitrogen and oxygen atoms in total. The molecule has 1 aromatic heterocycles. The summed E-state index contributed by atoms with van der Waals surface area (Å²) in [7, 11) is 1.32. The highest BCUT2D eigenvalue weighted by atomic mass is 16.6. The van der Waals surface area contributed by atoms with Gasteiger partial charge in [0, 0.05) is 23.1 Å². The van der Waals surface area contributed by atoms with Crippen molar-refractivity contribution in [2.24, 2.45) is 0 Å². The average Bonchev–Trinajstić information content (AvgIpc) is 2.69. The number of methoxy groups -OCH3 is 1. The average molecular weight is 366 g/mol. The minimum Gasteiger partial charge on any atom is -0.474 e. The third-order valence-electron chi connectivity index (χ3n) is 4.37. The molecular formula is C22H22O5. The lowest BCUT2D eigenvalue weighted by Gasteiger charge is -2.17. The Bertz CT molecular complexity index is 975. The molecule has 0 saturated heterocycles. The van der Waals surface area contributed by atoms with Crippen LogP contribution in [-0.2, 0) is 16.0 Å². The lowest BCUT2D eigenvalue weighted by molar-refractivity contribution is -0.149. The van der Waals surface area contributed by atoms with E-state index >= 15 is 0 Å². The van der Waals surface area contributed by atoms with Crippen molar-refractivity contribution in [2.75, 3.05) is 7.11 Å². The van der Waals surface area contributed by atoms with E-state index in [2.05, 4.69) is 6.92 Å². The van der Waals surface area contributed by atoms with E-state index in [0.29, 0.717) is 16.9 Å². The largest absolute Gasteiger partial charge is 0.474 e. The molecule has 0 N–H and O–H groups in total. The maximum atomic E-state index is 12.2. The van der Waals surface area contributed by atoms with Gasteiger partial charge in [0.05, 0.1) is 7.11 Å². The number of ether oxygens (including phenoxy) is 2. The number of hydrogen-bond donors (Lipinski definition) is 0. The van der Waals surface area contributed by atoms with E-state index in [4.69, 9.17) is 13.9 Å². The highest BCUT2D eigenvalue weighted by molar-refractivity contribution is 5.82. The molecule has 0 unspecified atom stereocenters. The normalized spacial score (nSPS) is 11.9. The fourth-order valence-corrected chi connectivity index (χ4v) is 2.98. The summed E-state index contributed by atoms with van der Waals surface area (Å²) < 4.78 is 16.1. The highest BCUT2D eigenvalue weighted by Gasteiger charge is 2.23. The summed E-state index contributed by atoms with van der Waals surface area (Å²) in [5.41, 5.74) is 1.70. The van der Waals surface area contributed by atoms with Crippen LogP contribution in [0.5, 0.6) is 5.75 Å². The molecular weight excluding hydrogens is 344 g/mol. The number of esters is 1. The van der Waals surface area contributed by atoms with Crippen molar-refractivity contribution in [1.29, 1.82) is 0 Å². The first-order valence-corrected chi connectivity index (χ1v) is 8.98. The van der Waals surface area contributed by atoms with Crippen LogP contribution in [0.25, 0.3) is 11.0 Å². The van der Waals surface area contributed by atoms with E-state index in [9.17, 15) is 9.59 Å². The molecule has 0 saturated carbocycles. The topological polar surface area (TPSA) is 65.7 Å². The van der Waals surface area contributed by atoms with Gasteiger partial charge >= 0.3 is 11.6 Å². The maximum absolute atomic E-state index is 12.2. The van der Waals surface area contributed by atoms with Crippen LogP contribution in [0.4, 0.5) is 0 Å². The summed E-state index contributed by atoms with van der Waals surface area (Å²) in [6, 6.07) is 15.9. The Labute approximate surface area is 157 Å². The Morgan fingerprint density at radius 3 is 2.59 bits per heavy atom. The summed E-state index contributed by atoms with van der Waals surface area (Å²) >= 11 is 0. The van der Waals surface area contributed by atoms with Crippen LogP contribution in [0.2, 0.25) is 0 Å². The molecule has 0 aliphatic heterocycles. The molecule has 0 fully saturated rings. The fourth-order valence-electron chi connectivity index (χ4n) is 2.98. The number of benzene rings is 2. The second-order valence-corrected chi connectivity index (χ2v) is 6.28. The second kappa shape index (κ2) is 8.54. The van der Waals surface area contributed by atoms with Gasteiger partial charge in [-0.1, -0.05) is 43.7 Å². The summed E-state index contributed by atoms with van der Waals surface area (Å²) in [4.78, 5) is 24.1. The molecule has 5 heteroatoms. The molecule has 0 radical (unpaired) electrons. The predicted octanol–water partition coefficient (Wildman–Crippen LogP) is 4.43. The first-order chi connectivity index (χ1) is 13.1. The van der Waals surface area contributed by atoms with Crippen LogP contribution in [0.15, 0.2) is 63.8 Å². The Balaban J connectivity index is 1.96. The quantitative estimate of drug-likeness (QED) is 0.457. The molecule has 1 heterocycles. The van der Waals surface area contributed by atoms with Gasteiger partial charge in [0.2, 0.25) is 6.10 Å². The van der Waals surface area contributed by atoms with Gasteiger partial charge in [-0.2, -0.15) is 0 Å². The van der Waals surface area contributed by atoms with Crippen molar-refractivity contribution in [3.05, 3.63) is 76.1 Å². The molecule has 0 aliphatic carbocycles. The van der Waals surface area contributed by atoms with Crippen molar-refractivity contribution in [3.63, 3.8) is 0 Å². The summed E-state index contributed by atoms with van der Waals surface area (Å²) in [6.07, 6.45) is 1.95. The van der Waals surface area contributed by atoms with Crippen LogP contribution in [0.3, 0.4) is 0 Å². The Kier molecular flexibility index (Phi) is 5.91. The number of unbranched alkanes of at least 4 members (excludes halogenated alkanes) is 1. The first kappa shape index (κ1) is 18.7. The van der Waals surface area contributed by atoms with Crippen molar-refractivity contribution in [3.8, 4) is 5.75 Å². The first-order valence-electron chi connectivity index (χ1n) is 8.98. The molecule has 3 rings (SSSR count). The van der Waals surface area contributed by atoms with Crippen molar-refractivity contribution in [1.82, 2.24) is 0 Å². The third-order valence-corrected chi connectivity index (χ3v) is 4.37. The maximum Gasteiger partial charge on any atom is 0.351 e. The number of fused-ring (bicyclic) bond motifs is 1. The summed E-state index contributed by atoms with van der Waals surface area (Å²) in [5, 5.41) is 0.879. The Morgan fingerprint density at radius 2 is 1.89 bits per heavy atom. The molecule has 0 amide bonds. The van der Waals surface area contributed by atoms with Crippen LogP contribution >= 0.6 is 0 Å². The molecule has 3 aromatic rings. The molecule has 140 valence electrons. The molecule has 27 heavy (non-hydrogen) atoms. The zero-order chi connectivity index (χ0) is 19.2. The number of hydrogen-bond acceptors (Lipinski definition) is 5. The molecule has 0 bridgehead atoms. The smallest absolute Gasteiger partial charge is 0.351 e. The fraction of sp³-hybridized carbons (Fsp3) is 0.273. The Morgan fingerprint density at radius 1 is 1.11 bits per heavy atom. The van der Waals surface area contributed by atoms with Gasteiger partial charge in [0.1, 0.15) is 11.3 Å². The number of aryl methyl sites for hydroxylation is 1. The van der Waals surface area contributed by atoms with Gasteiger partial charge < -0.3 is 13.9 Å². The van der Waals surface area contributed by atoms with E-state index in [0.717, 1.165) is 30.2 Å². The predicted molar refractivity (Wildman–Crippen MR) is 103 cm³/mol. The number of carbonyl (C=O) groups excluding carboxylic acids is 1. The van der Waals surface area contributed by atoms with Gasteiger partial charge in [0.25, 0.3) is 0 Å². The minimum atomic E-state index is -0.899. The second-order valence-electron chi connectivity index (χ2n) is 6.28. The minimum absolute atomic E-state index is 0.390. The van der Waals surface area contributed by atoms with Crippen LogP contribution < -0.4 is 10.4 Å². The van der Waals surface area contributed by atoms with E-state index in [-0.39, 0.29) is 0 Å². The number of rotatable bonds is 7. The number of carbonyl (C=O) groups is 1. The molecule has 0 spiro atoms. The lowest BCUT2D eigenvalue weighted by Crippen LogP contribution is -2.20. The van der Waals surface area contributed by atoms with E-state index in [1.807, 2.05) is 24.3 Å². The Hall–Kier alpha value is -3.08. The van der Waals surface area contributed by atoms with Gasteiger partial charge in [-0.05, 0) is 30.5 Å². The summed E-state index contributed by atoms with van der Waals surface area (Å²) in [6.45, 7) is 2.11. The van der Waals surface area contributed by atoms with Crippen LogP contribution in [-0.4, -0.2) is 13.1 Å². The molecule has 2 aromatic carbocycles. The molecule has 0 aliphatic rings. The zero-order valence-corrected chi connectivity index (χ0v) is 15.4. The van der Waals surface area contributed by atoms with Crippen LogP contribution in [0, 0.1) is 0 Å². The lowest BCUT2D eigenvalue weighted by atomic mass is 10.0. The monoisotopic (exact) mass is 366 g/mol. The SMILES string of the molecule is CCCCc1cc(=O)oc2cc(O[C@H](C(=O)OC)c3ccccc3)ccc12. The molecule has 1 atom stereocenters. The van der Waals surface area contributed by atoms with Crippen LogP contribution in [0.1, 0.15) is 37.0 Å².